The Morgan fingerprint density at radius 2 is 2.05 bits per heavy atom. The quantitative estimate of drug-likeness (QED) is 0.649. The molecule has 0 bridgehead atoms. The van der Waals surface area contributed by atoms with Crippen molar-refractivity contribution in [2.24, 2.45) is 0 Å². The number of hydrogen-bond donors (Lipinski definition) is 1. The fourth-order valence-corrected chi connectivity index (χ4v) is 3.17. The maximum absolute atomic E-state index is 11.8. The molecule has 5 nitrogen and oxygen atoms in total. The molecule has 1 heterocycles. The minimum absolute atomic E-state index is 0.130. The molecule has 0 aliphatic heterocycles. The van der Waals surface area contributed by atoms with Crippen LogP contribution < -0.4 is 5.32 Å². The number of hydrogen-bond acceptors (Lipinski definition) is 6. The second-order valence-electron chi connectivity index (χ2n) is 4.43. The van der Waals surface area contributed by atoms with Gasteiger partial charge < -0.3 is 10.1 Å². The third-order valence-corrected chi connectivity index (χ3v) is 4.66. The molecule has 0 fully saturated rings. The van der Waals surface area contributed by atoms with E-state index in [2.05, 4.69) is 20.4 Å². The Morgan fingerprint density at radius 3 is 2.64 bits per heavy atom. The van der Waals surface area contributed by atoms with Gasteiger partial charge in [-0.2, -0.15) is 0 Å². The molecule has 7 heteroatoms. The summed E-state index contributed by atoms with van der Waals surface area (Å²) in [6, 6.07) is 7.25. The van der Waals surface area contributed by atoms with Gasteiger partial charge in [-0.05, 0) is 31.2 Å². The van der Waals surface area contributed by atoms with E-state index >= 15 is 0 Å². The fourth-order valence-electron chi connectivity index (χ4n) is 1.66. The number of carbonyl (C=O) groups excluding carboxylic acids is 2. The number of ether oxygens (including phenoxy) is 1. The van der Waals surface area contributed by atoms with Gasteiger partial charge in [-0.25, -0.2) is 4.98 Å². The molecule has 1 N–H and O–H groups in total. The van der Waals surface area contributed by atoms with Gasteiger partial charge >= 0.3 is 5.97 Å². The summed E-state index contributed by atoms with van der Waals surface area (Å²) in [6.07, 6.45) is 0. The predicted molar refractivity (Wildman–Crippen MR) is 87.2 cm³/mol. The number of thioether (sulfide) groups is 1. The van der Waals surface area contributed by atoms with Crippen LogP contribution in [-0.2, 0) is 15.3 Å². The first-order valence-corrected chi connectivity index (χ1v) is 8.44. The van der Waals surface area contributed by atoms with Crippen LogP contribution in [0.3, 0.4) is 0 Å². The first kappa shape index (κ1) is 16.5. The van der Waals surface area contributed by atoms with Crippen molar-refractivity contribution >= 4 is 35.0 Å². The van der Waals surface area contributed by atoms with E-state index in [-0.39, 0.29) is 12.5 Å². The smallest absolute Gasteiger partial charge is 0.325 e. The molecule has 0 aliphatic rings. The van der Waals surface area contributed by atoms with Crippen molar-refractivity contribution in [1.82, 2.24) is 10.3 Å². The zero-order valence-electron chi connectivity index (χ0n) is 12.3. The molecular weight excluding hydrogens is 320 g/mol. The van der Waals surface area contributed by atoms with E-state index in [1.54, 1.807) is 35.2 Å². The highest BCUT2D eigenvalue weighted by Crippen LogP contribution is 2.23. The second kappa shape index (κ2) is 7.95. The average molecular weight is 336 g/mol. The Bertz CT molecular complexity index is 653. The number of esters is 1. The third-order valence-electron chi connectivity index (χ3n) is 2.79. The van der Waals surface area contributed by atoms with Crippen LogP contribution in [-0.4, -0.2) is 30.5 Å². The van der Waals surface area contributed by atoms with Crippen LogP contribution in [0.1, 0.15) is 21.1 Å². The van der Waals surface area contributed by atoms with Gasteiger partial charge in [0, 0.05) is 21.6 Å². The number of thiazole rings is 1. The molecule has 0 aliphatic carbocycles. The Labute approximate surface area is 137 Å². The van der Waals surface area contributed by atoms with Gasteiger partial charge in [-0.3, -0.25) is 9.59 Å². The molecular formula is C15H16N2O3S2. The lowest BCUT2D eigenvalue weighted by atomic mass is 10.2. The lowest BCUT2D eigenvalue weighted by Gasteiger charge is -2.05. The standard InChI is InChI=1S/C15H16N2O3S2/c1-10-17-12(8-21-10)9-22-13-5-3-11(4-6-13)15(19)16-7-14(18)20-2/h3-6,8H,7,9H2,1-2H3,(H,16,19). The van der Waals surface area contributed by atoms with Gasteiger partial charge in [0.05, 0.1) is 17.8 Å². The molecule has 1 aromatic heterocycles. The summed E-state index contributed by atoms with van der Waals surface area (Å²) in [7, 11) is 1.28. The predicted octanol–water partition coefficient (Wildman–Crippen LogP) is 2.65. The summed E-state index contributed by atoms with van der Waals surface area (Å²) >= 11 is 3.31. The number of rotatable bonds is 6. The van der Waals surface area contributed by atoms with Gasteiger partial charge in [0.15, 0.2) is 0 Å². The zero-order valence-corrected chi connectivity index (χ0v) is 13.9. The summed E-state index contributed by atoms with van der Waals surface area (Å²) in [4.78, 5) is 28.3. The average Bonchev–Trinajstić information content (AvgIpc) is 2.96. The summed E-state index contributed by atoms with van der Waals surface area (Å²) in [5.41, 5.74) is 1.57. The minimum Gasteiger partial charge on any atom is -0.468 e. The van der Waals surface area contributed by atoms with Crippen LogP contribution in [0, 0.1) is 6.92 Å². The van der Waals surface area contributed by atoms with Crippen LogP contribution in [0.15, 0.2) is 34.5 Å². The first-order chi connectivity index (χ1) is 10.6. The highest BCUT2D eigenvalue weighted by molar-refractivity contribution is 7.98. The van der Waals surface area contributed by atoms with Crippen molar-refractivity contribution in [1.29, 1.82) is 0 Å². The van der Waals surface area contributed by atoms with Crippen LogP contribution >= 0.6 is 23.1 Å². The van der Waals surface area contributed by atoms with Crippen LogP contribution in [0.25, 0.3) is 0 Å². The van der Waals surface area contributed by atoms with Crippen molar-refractivity contribution in [2.75, 3.05) is 13.7 Å². The van der Waals surface area contributed by atoms with E-state index in [1.165, 1.54) is 7.11 Å². The number of benzene rings is 1. The molecule has 2 aromatic rings. The topological polar surface area (TPSA) is 68.3 Å². The van der Waals surface area contributed by atoms with Crippen LogP contribution in [0.5, 0.6) is 0 Å². The Balaban J connectivity index is 1.86. The molecule has 0 radical (unpaired) electrons. The molecule has 2 rings (SSSR count). The van der Waals surface area contributed by atoms with Gasteiger partial charge in [0.2, 0.25) is 0 Å². The zero-order chi connectivity index (χ0) is 15.9. The summed E-state index contributed by atoms with van der Waals surface area (Å²) in [5.74, 6) is 0.0363. The number of carbonyl (C=O) groups is 2. The Hall–Kier alpha value is -1.86. The van der Waals surface area contributed by atoms with Crippen molar-refractivity contribution in [3.05, 3.63) is 45.9 Å². The maximum Gasteiger partial charge on any atom is 0.325 e. The van der Waals surface area contributed by atoms with E-state index in [9.17, 15) is 9.59 Å². The molecule has 0 saturated heterocycles. The summed E-state index contributed by atoms with van der Waals surface area (Å²) in [5, 5.41) is 5.62. The number of amides is 1. The number of aromatic nitrogens is 1. The van der Waals surface area contributed by atoms with Crippen molar-refractivity contribution in [3.8, 4) is 0 Å². The van der Waals surface area contributed by atoms with Crippen LogP contribution in [0.4, 0.5) is 0 Å². The third kappa shape index (κ3) is 4.85. The molecule has 0 atom stereocenters. The molecule has 22 heavy (non-hydrogen) atoms. The van der Waals surface area contributed by atoms with Crippen molar-refractivity contribution in [2.45, 2.75) is 17.6 Å². The van der Waals surface area contributed by atoms with E-state index < -0.39 is 5.97 Å². The Morgan fingerprint density at radius 1 is 1.32 bits per heavy atom. The van der Waals surface area contributed by atoms with E-state index in [1.807, 2.05) is 19.1 Å². The molecule has 116 valence electrons. The molecule has 1 aromatic carbocycles. The van der Waals surface area contributed by atoms with Gasteiger partial charge in [0.1, 0.15) is 6.54 Å². The Kier molecular flexibility index (Phi) is 5.97. The normalized spacial score (nSPS) is 10.3. The molecule has 1 amide bonds. The van der Waals surface area contributed by atoms with Gasteiger partial charge in [-0.15, -0.1) is 23.1 Å². The lowest BCUT2D eigenvalue weighted by Crippen LogP contribution is -2.30. The second-order valence-corrected chi connectivity index (χ2v) is 6.54. The SMILES string of the molecule is COC(=O)CNC(=O)c1ccc(SCc2csc(C)n2)cc1. The van der Waals surface area contributed by atoms with Crippen LogP contribution in [0.2, 0.25) is 0 Å². The monoisotopic (exact) mass is 336 g/mol. The minimum atomic E-state index is -0.473. The maximum atomic E-state index is 11.8. The van der Waals surface area contributed by atoms with Crippen molar-refractivity contribution < 1.29 is 14.3 Å². The van der Waals surface area contributed by atoms with Gasteiger partial charge in [-0.1, -0.05) is 0 Å². The number of aryl methyl sites for hydroxylation is 1. The number of methoxy groups -OCH3 is 1. The molecule has 0 saturated carbocycles. The van der Waals surface area contributed by atoms with Crippen molar-refractivity contribution in [3.63, 3.8) is 0 Å². The number of nitrogens with zero attached hydrogens (tertiary/aromatic N) is 1. The van der Waals surface area contributed by atoms with E-state index in [0.29, 0.717) is 5.56 Å². The largest absolute Gasteiger partial charge is 0.468 e. The fraction of sp³-hybridized carbons (Fsp3) is 0.267. The highest BCUT2D eigenvalue weighted by atomic mass is 32.2. The van der Waals surface area contributed by atoms with E-state index in [0.717, 1.165) is 21.3 Å². The highest BCUT2D eigenvalue weighted by Gasteiger charge is 2.08. The summed E-state index contributed by atoms with van der Waals surface area (Å²) < 4.78 is 4.47. The van der Waals surface area contributed by atoms with E-state index in [4.69, 9.17) is 0 Å². The summed E-state index contributed by atoms with van der Waals surface area (Å²) in [6.45, 7) is 1.86. The number of nitrogens with one attached hydrogen (secondary N) is 1. The molecule has 0 unspecified atom stereocenters. The first-order valence-electron chi connectivity index (χ1n) is 6.57. The van der Waals surface area contributed by atoms with Gasteiger partial charge in [0.25, 0.3) is 5.91 Å². The lowest BCUT2D eigenvalue weighted by molar-refractivity contribution is -0.139. The molecule has 0 spiro atoms.